The smallest absolute Gasteiger partial charge is 0.183 e. The molecule has 1 fully saturated rings. The topological polar surface area (TPSA) is 24.9 Å². The summed E-state index contributed by atoms with van der Waals surface area (Å²) in [5.41, 5.74) is 2.43. The molecule has 3 heteroatoms. The van der Waals surface area contributed by atoms with Gasteiger partial charge in [-0.25, -0.2) is 4.98 Å². The van der Waals surface area contributed by atoms with Crippen LogP contribution in [0.3, 0.4) is 0 Å². The first-order chi connectivity index (χ1) is 9.24. The number of thiazole rings is 1. The lowest BCUT2D eigenvalue weighted by atomic mass is 9.80. The highest BCUT2D eigenvalue weighted by Crippen LogP contribution is 2.31. The molecule has 1 N–H and O–H groups in total. The second-order valence-corrected chi connectivity index (χ2v) is 6.87. The zero-order chi connectivity index (χ0) is 13.2. The van der Waals surface area contributed by atoms with Gasteiger partial charge in [0.2, 0.25) is 0 Å². The van der Waals surface area contributed by atoms with E-state index < -0.39 is 0 Å². The predicted octanol–water partition coefficient (Wildman–Crippen LogP) is 4.84. The van der Waals surface area contributed by atoms with Gasteiger partial charge in [-0.15, -0.1) is 0 Å². The van der Waals surface area contributed by atoms with Crippen molar-refractivity contribution in [1.29, 1.82) is 0 Å². The molecule has 1 aliphatic carbocycles. The maximum atomic E-state index is 4.73. The monoisotopic (exact) mass is 274 g/mol. The van der Waals surface area contributed by atoms with E-state index in [1.165, 1.54) is 35.9 Å². The van der Waals surface area contributed by atoms with Crippen molar-refractivity contribution >= 4 is 26.7 Å². The summed E-state index contributed by atoms with van der Waals surface area (Å²) in [7, 11) is 0. The molecule has 1 heterocycles. The van der Waals surface area contributed by atoms with Gasteiger partial charge in [-0.1, -0.05) is 49.7 Å². The van der Waals surface area contributed by atoms with Crippen LogP contribution in [0.5, 0.6) is 0 Å². The number of benzene rings is 1. The summed E-state index contributed by atoms with van der Waals surface area (Å²) in [5, 5.41) is 4.65. The molecule has 102 valence electrons. The van der Waals surface area contributed by atoms with E-state index in [-0.39, 0.29) is 0 Å². The van der Waals surface area contributed by atoms with Crippen molar-refractivity contribution in [2.24, 2.45) is 11.8 Å². The van der Waals surface area contributed by atoms with Crippen molar-refractivity contribution in [2.45, 2.75) is 39.5 Å². The zero-order valence-corrected chi connectivity index (χ0v) is 12.6. The lowest BCUT2D eigenvalue weighted by Gasteiger charge is -2.28. The third kappa shape index (κ3) is 2.76. The minimum atomic E-state index is 0.821. The number of anilines is 1. The van der Waals surface area contributed by atoms with E-state index in [4.69, 9.17) is 4.98 Å². The van der Waals surface area contributed by atoms with Crippen molar-refractivity contribution in [1.82, 2.24) is 4.98 Å². The van der Waals surface area contributed by atoms with Gasteiger partial charge < -0.3 is 5.32 Å². The second kappa shape index (κ2) is 5.49. The summed E-state index contributed by atoms with van der Waals surface area (Å²) in [6.07, 6.45) is 5.58. The van der Waals surface area contributed by atoms with Crippen LogP contribution in [-0.4, -0.2) is 11.5 Å². The largest absolute Gasteiger partial charge is 0.361 e. The van der Waals surface area contributed by atoms with Gasteiger partial charge in [0.1, 0.15) is 0 Å². The van der Waals surface area contributed by atoms with E-state index in [1.807, 2.05) is 0 Å². The van der Waals surface area contributed by atoms with Crippen molar-refractivity contribution < 1.29 is 0 Å². The summed E-state index contributed by atoms with van der Waals surface area (Å²) < 4.78 is 1.29. The highest BCUT2D eigenvalue weighted by atomic mass is 32.1. The molecule has 1 aromatic carbocycles. The van der Waals surface area contributed by atoms with E-state index in [9.17, 15) is 0 Å². The molecule has 0 saturated heterocycles. The average Bonchev–Trinajstić information content (AvgIpc) is 2.82. The lowest BCUT2D eigenvalue weighted by molar-refractivity contribution is 0.268. The Morgan fingerprint density at radius 1 is 1.32 bits per heavy atom. The Hall–Kier alpha value is -1.09. The molecule has 0 spiro atoms. The predicted molar refractivity (Wildman–Crippen MR) is 84.0 cm³/mol. The standard InChI is InChI=1S/C16H22N2S/c1-11-6-3-4-8-13(11)10-17-16-18-15-12(2)7-5-9-14(15)19-16/h5,7,9,11,13H,3-4,6,8,10H2,1-2H3,(H,17,18). The van der Waals surface area contributed by atoms with Crippen LogP contribution in [0, 0.1) is 18.8 Å². The van der Waals surface area contributed by atoms with E-state index in [1.54, 1.807) is 11.3 Å². The van der Waals surface area contributed by atoms with Gasteiger partial charge in [-0.05, 0) is 36.8 Å². The summed E-state index contributed by atoms with van der Waals surface area (Å²) in [6.45, 7) is 5.61. The van der Waals surface area contributed by atoms with Gasteiger partial charge in [-0.2, -0.15) is 0 Å². The van der Waals surface area contributed by atoms with Crippen LogP contribution in [0.1, 0.15) is 38.2 Å². The molecule has 19 heavy (non-hydrogen) atoms. The number of aryl methyl sites for hydroxylation is 1. The van der Waals surface area contributed by atoms with Crippen LogP contribution < -0.4 is 5.32 Å². The maximum Gasteiger partial charge on any atom is 0.183 e. The molecule has 0 amide bonds. The number of para-hydroxylation sites is 1. The lowest BCUT2D eigenvalue weighted by Crippen LogP contribution is -2.24. The molecule has 2 nitrogen and oxygen atoms in total. The molecule has 2 aromatic rings. The Bertz CT molecular complexity index is 561. The average molecular weight is 274 g/mol. The second-order valence-electron chi connectivity index (χ2n) is 5.84. The van der Waals surface area contributed by atoms with Crippen molar-refractivity contribution in [3.63, 3.8) is 0 Å². The number of hydrogen-bond donors (Lipinski definition) is 1. The number of hydrogen-bond acceptors (Lipinski definition) is 3. The number of rotatable bonds is 3. The summed E-state index contributed by atoms with van der Waals surface area (Å²) >= 11 is 1.78. The van der Waals surface area contributed by atoms with Gasteiger partial charge >= 0.3 is 0 Å². The van der Waals surface area contributed by atoms with Crippen LogP contribution in [0.25, 0.3) is 10.2 Å². The van der Waals surface area contributed by atoms with Gasteiger partial charge in [0.25, 0.3) is 0 Å². The van der Waals surface area contributed by atoms with Crippen molar-refractivity contribution in [2.75, 3.05) is 11.9 Å². The molecule has 0 radical (unpaired) electrons. The molecule has 2 unspecified atom stereocenters. The summed E-state index contributed by atoms with van der Waals surface area (Å²) in [4.78, 5) is 4.73. The van der Waals surface area contributed by atoms with E-state index in [0.717, 1.165) is 29.0 Å². The zero-order valence-electron chi connectivity index (χ0n) is 11.8. The number of aromatic nitrogens is 1. The number of nitrogens with one attached hydrogen (secondary N) is 1. The Kier molecular flexibility index (Phi) is 3.74. The summed E-state index contributed by atoms with van der Waals surface area (Å²) in [6, 6.07) is 6.41. The molecule has 1 aromatic heterocycles. The minimum absolute atomic E-state index is 0.821. The van der Waals surface area contributed by atoms with Crippen LogP contribution >= 0.6 is 11.3 Å². The Morgan fingerprint density at radius 2 is 2.16 bits per heavy atom. The molecule has 1 aliphatic rings. The number of fused-ring (bicyclic) bond motifs is 1. The molecular formula is C16H22N2S. The maximum absolute atomic E-state index is 4.73. The van der Waals surface area contributed by atoms with Crippen LogP contribution in [0.2, 0.25) is 0 Å². The van der Waals surface area contributed by atoms with Crippen LogP contribution in [0.4, 0.5) is 5.13 Å². The molecule has 1 saturated carbocycles. The van der Waals surface area contributed by atoms with E-state index in [2.05, 4.69) is 37.4 Å². The minimum Gasteiger partial charge on any atom is -0.361 e. The van der Waals surface area contributed by atoms with Gasteiger partial charge in [0, 0.05) is 6.54 Å². The van der Waals surface area contributed by atoms with Gasteiger partial charge in [0.15, 0.2) is 5.13 Å². The van der Waals surface area contributed by atoms with Gasteiger partial charge in [-0.3, -0.25) is 0 Å². The first-order valence-electron chi connectivity index (χ1n) is 7.34. The highest BCUT2D eigenvalue weighted by Gasteiger charge is 2.21. The Balaban J connectivity index is 1.69. The normalized spacial score (nSPS) is 23.7. The fourth-order valence-electron chi connectivity index (χ4n) is 3.08. The first kappa shape index (κ1) is 12.9. The van der Waals surface area contributed by atoms with Crippen molar-refractivity contribution in [3.05, 3.63) is 23.8 Å². The molecular weight excluding hydrogens is 252 g/mol. The first-order valence-corrected chi connectivity index (χ1v) is 8.15. The fraction of sp³-hybridized carbons (Fsp3) is 0.562. The SMILES string of the molecule is Cc1cccc2sc(NCC3CCCCC3C)nc12. The third-order valence-corrected chi connectivity index (χ3v) is 5.40. The quantitative estimate of drug-likeness (QED) is 0.866. The molecule has 3 rings (SSSR count). The Morgan fingerprint density at radius 3 is 2.95 bits per heavy atom. The molecule has 0 bridgehead atoms. The summed E-state index contributed by atoms with van der Waals surface area (Å²) in [5.74, 6) is 1.68. The van der Waals surface area contributed by atoms with Crippen LogP contribution in [0.15, 0.2) is 18.2 Å². The van der Waals surface area contributed by atoms with Crippen LogP contribution in [-0.2, 0) is 0 Å². The fourth-order valence-corrected chi connectivity index (χ4v) is 4.03. The molecule has 0 aliphatic heterocycles. The Labute approximate surface area is 119 Å². The highest BCUT2D eigenvalue weighted by molar-refractivity contribution is 7.22. The third-order valence-electron chi connectivity index (χ3n) is 4.43. The number of nitrogens with zero attached hydrogens (tertiary/aromatic N) is 1. The van der Waals surface area contributed by atoms with Crippen molar-refractivity contribution in [3.8, 4) is 0 Å². The van der Waals surface area contributed by atoms with E-state index in [0.29, 0.717) is 0 Å². The molecule has 2 atom stereocenters. The van der Waals surface area contributed by atoms with Gasteiger partial charge in [0.05, 0.1) is 10.2 Å². The van der Waals surface area contributed by atoms with E-state index >= 15 is 0 Å².